The van der Waals surface area contributed by atoms with Gasteiger partial charge in [-0.05, 0) is 75.5 Å². The molecule has 0 bridgehead atoms. The van der Waals surface area contributed by atoms with E-state index in [1.54, 1.807) is 0 Å². The number of nitriles is 1. The molecule has 5 nitrogen and oxygen atoms in total. The van der Waals surface area contributed by atoms with Crippen molar-refractivity contribution in [3.8, 4) is 62.5 Å². The smallest absolute Gasteiger partial charge is 0.164 e. The molecule has 9 rings (SSSR count). The second-order valence-electron chi connectivity index (χ2n) is 12.0. The van der Waals surface area contributed by atoms with Gasteiger partial charge in [0, 0.05) is 27.5 Å². The van der Waals surface area contributed by atoms with Crippen LogP contribution < -0.4 is 0 Å². The summed E-state index contributed by atoms with van der Waals surface area (Å²) in [6, 6.07) is 55.3. The Morgan fingerprint density at radius 3 is 1.84 bits per heavy atom. The fourth-order valence-electron chi connectivity index (χ4n) is 6.52. The summed E-state index contributed by atoms with van der Waals surface area (Å²) in [5.74, 6) is 1.69. The zero-order chi connectivity index (χ0) is 32.7. The van der Waals surface area contributed by atoms with Crippen LogP contribution in [0.4, 0.5) is 0 Å². The number of nitrogens with zero attached hydrogens (tertiary/aromatic N) is 4. The summed E-state index contributed by atoms with van der Waals surface area (Å²) in [5, 5.41) is 13.9. The van der Waals surface area contributed by atoms with Crippen molar-refractivity contribution in [2.24, 2.45) is 0 Å². The van der Waals surface area contributed by atoms with Gasteiger partial charge in [0.25, 0.3) is 0 Å². The third-order valence-electron chi connectivity index (χ3n) is 8.93. The Morgan fingerprint density at radius 1 is 0.429 bits per heavy atom. The van der Waals surface area contributed by atoms with E-state index in [4.69, 9.17) is 19.4 Å². The summed E-state index contributed by atoms with van der Waals surface area (Å²) < 4.78 is 6.44. The van der Waals surface area contributed by atoms with Crippen molar-refractivity contribution in [1.29, 1.82) is 5.26 Å². The molecule has 228 valence electrons. The first-order valence-corrected chi connectivity index (χ1v) is 16.1. The van der Waals surface area contributed by atoms with Crippen molar-refractivity contribution in [2.45, 2.75) is 0 Å². The molecule has 0 amide bonds. The number of furan rings is 1. The molecule has 0 aliphatic carbocycles. The van der Waals surface area contributed by atoms with E-state index in [-0.39, 0.29) is 0 Å². The van der Waals surface area contributed by atoms with Gasteiger partial charge >= 0.3 is 0 Å². The van der Waals surface area contributed by atoms with Crippen LogP contribution in [0.2, 0.25) is 0 Å². The Hall–Kier alpha value is -6.90. The summed E-state index contributed by atoms with van der Waals surface area (Å²) in [6.07, 6.45) is 0. The lowest BCUT2D eigenvalue weighted by Gasteiger charge is -2.10. The Morgan fingerprint density at radius 2 is 1.04 bits per heavy atom. The standard InChI is InChI=1S/C44H26N4O/c45-27-28-9-6-14-31(23-28)33-15-7-16-34(25-33)42-46-43(35-20-19-29-10-4-5-13-32(29)24-35)48-44(47-42)36-21-22-38-40(26-36)49-39-18-8-17-37(41(38)39)30-11-2-1-3-12-30/h1-26H. The average molecular weight is 627 g/mol. The van der Waals surface area contributed by atoms with Gasteiger partial charge in [0.05, 0.1) is 11.6 Å². The van der Waals surface area contributed by atoms with Gasteiger partial charge in [-0.3, -0.25) is 0 Å². The molecule has 0 saturated heterocycles. The summed E-state index contributed by atoms with van der Waals surface area (Å²) in [5.41, 5.74) is 8.99. The van der Waals surface area contributed by atoms with E-state index in [0.717, 1.165) is 71.7 Å². The van der Waals surface area contributed by atoms with Crippen LogP contribution in [0.3, 0.4) is 0 Å². The largest absolute Gasteiger partial charge is 0.456 e. The summed E-state index contributed by atoms with van der Waals surface area (Å²) in [6.45, 7) is 0. The van der Waals surface area contributed by atoms with E-state index in [1.165, 1.54) is 0 Å². The van der Waals surface area contributed by atoms with Crippen LogP contribution in [0.15, 0.2) is 162 Å². The van der Waals surface area contributed by atoms with Gasteiger partial charge in [0.1, 0.15) is 11.2 Å². The monoisotopic (exact) mass is 626 g/mol. The van der Waals surface area contributed by atoms with E-state index < -0.39 is 0 Å². The quantitative estimate of drug-likeness (QED) is 0.190. The van der Waals surface area contributed by atoms with E-state index in [1.807, 2.05) is 78.9 Å². The van der Waals surface area contributed by atoms with E-state index in [2.05, 4.69) is 84.9 Å². The molecule has 0 fully saturated rings. The highest BCUT2D eigenvalue weighted by Gasteiger charge is 2.17. The van der Waals surface area contributed by atoms with Crippen molar-refractivity contribution in [3.63, 3.8) is 0 Å². The van der Waals surface area contributed by atoms with Gasteiger partial charge in [-0.15, -0.1) is 0 Å². The molecule has 0 saturated carbocycles. The predicted molar refractivity (Wildman–Crippen MR) is 197 cm³/mol. The molecule has 9 aromatic rings. The zero-order valence-electron chi connectivity index (χ0n) is 26.2. The maximum Gasteiger partial charge on any atom is 0.164 e. The zero-order valence-corrected chi connectivity index (χ0v) is 26.2. The van der Waals surface area contributed by atoms with Crippen molar-refractivity contribution in [2.75, 3.05) is 0 Å². The number of aromatic nitrogens is 3. The minimum absolute atomic E-state index is 0.552. The molecule has 0 N–H and O–H groups in total. The van der Waals surface area contributed by atoms with Crippen molar-refractivity contribution in [1.82, 2.24) is 15.0 Å². The highest BCUT2D eigenvalue weighted by atomic mass is 16.3. The molecule has 2 aromatic heterocycles. The molecule has 0 atom stereocenters. The highest BCUT2D eigenvalue weighted by molar-refractivity contribution is 6.13. The molecular weight excluding hydrogens is 601 g/mol. The minimum Gasteiger partial charge on any atom is -0.456 e. The third-order valence-corrected chi connectivity index (χ3v) is 8.93. The number of rotatable bonds is 5. The lowest BCUT2D eigenvalue weighted by molar-refractivity contribution is 0.669. The van der Waals surface area contributed by atoms with Crippen molar-refractivity contribution < 1.29 is 4.42 Å². The molecular formula is C44H26N4O. The molecule has 2 heterocycles. The van der Waals surface area contributed by atoms with Crippen LogP contribution in [-0.2, 0) is 0 Å². The Balaban J connectivity index is 1.21. The van der Waals surface area contributed by atoms with Gasteiger partial charge in [0.2, 0.25) is 0 Å². The maximum absolute atomic E-state index is 9.47. The molecule has 0 aliphatic rings. The van der Waals surface area contributed by atoms with Gasteiger partial charge in [-0.1, -0.05) is 115 Å². The molecule has 7 aromatic carbocycles. The summed E-state index contributed by atoms with van der Waals surface area (Å²) >= 11 is 0. The number of fused-ring (bicyclic) bond motifs is 4. The lowest BCUT2D eigenvalue weighted by Crippen LogP contribution is -2.00. The molecule has 0 radical (unpaired) electrons. The first kappa shape index (κ1) is 28.3. The SMILES string of the molecule is N#Cc1cccc(-c2cccc(-c3nc(-c4ccc5ccccc5c4)nc(-c4ccc5c(c4)oc4cccc(-c6ccccc6)c45)n3)c2)c1. The van der Waals surface area contributed by atoms with Crippen molar-refractivity contribution in [3.05, 3.63) is 163 Å². The Kier molecular flexibility index (Phi) is 6.78. The molecule has 0 spiro atoms. The minimum atomic E-state index is 0.552. The third kappa shape index (κ3) is 5.18. The molecule has 0 unspecified atom stereocenters. The Bertz CT molecular complexity index is 2740. The number of benzene rings is 7. The van der Waals surface area contributed by atoms with Crippen LogP contribution in [-0.4, -0.2) is 15.0 Å². The fraction of sp³-hybridized carbons (Fsp3) is 0. The number of hydrogen-bond donors (Lipinski definition) is 0. The van der Waals surface area contributed by atoms with E-state index >= 15 is 0 Å². The molecule has 5 heteroatoms. The van der Waals surface area contributed by atoms with E-state index in [9.17, 15) is 5.26 Å². The van der Waals surface area contributed by atoms with Crippen LogP contribution >= 0.6 is 0 Å². The van der Waals surface area contributed by atoms with Crippen molar-refractivity contribution >= 4 is 32.7 Å². The average Bonchev–Trinajstić information content (AvgIpc) is 3.56. The first-order chi connectivity index (χ1) is 24.2. The fourth-order valence-corrected chi connectivity index (χ4v) is 6.52. The van der Waals surface area contributed by atoms with Gasteiger partial charge in [-0.25, -0.2) is 15.0 Å². The van der Waals surface area contributed by atoms with Crippen LogP contribution in [0.1, 0.15) is 5.56 Å². The second-order valence-corrected chi connectivity index (χ2v) is 12.0. The second kappa shape index (κ2) is 11.7. The van der Waals surface area contributed by atoms with Gasteiger partial charge in [-0.2, -0.15) is 5.26 Å². The maximum atomic E-state index is 9.47. The summed E-state index contributed by atoms with van der Waals surface area (Å²) in [4.78, 5) is 15.1. The van der Waals surface area contributed by atoms with Crippen LogP contribution in [0.5, 0.6) is 0 Å². The van der Waals surface area contributed by atoms with E-state index in [0.29, 0.717) is 23.0 Å². The number of hydrogen-bond acceptors (Lipinski definition) is 5. The first-order valence-electron chi connectivity index (χ1n) is 16.1. The lowest BCUT2D eigenvalue weighted by atomic mass is 9.99. The van der Waals surface area contributed by atoms with Crippen LogP contribution in [0, 0.1) is 11.3 Å². The highest BCUT2D eigenvalue weighted by Crippen LogP contribution is 2.38. The summed E-state index contributed by atoms with van der Waals surface area (Å²) in [7, 11) is 0. The predicted octanol–water partition coefficient (Wildman–Crippen LogP) is 11.1. The molecule has 49 heavy (non-hydrogen) atoms. The molecule has 0 aliphatic heterocycles. The topological polar surface area (TPSA) is 75.6 Å². The Labute approximate surface area is 282 Å². The normalized spacial score (nSPS) is 11.2. The van der Waals surface area contributed by atoms with Gasteiger partial charge in [0.15, 0.2) is 17.5 Å². The van der Waals surface area contributed by atoms with Gasteiger partial charge < -0.3 is 4.42 Å². The van der Waals surface area contributed by atoms with Crippen LogP contribution in [0.25, 0.3) is 89.1 Å².